The van der Waals surface area contributed by atoms with Crippen molar-refractivity contribution in [3.63, 3.8) is 0 Å². The first-order valence-corrected chi connectivity index (χ1v) is 32.9. The average Bonchev–Trinajstić information content (AvgIpc) is 3.43. The molecule has 1 saturated heterocycles. The fraction of sp³-hybridized carbons (Fsp3) is 0.894. The number of aliphatic hydroxyl groups excluding tert-OH is 7. The molecule has 11 nitrogen and oxygen atoms in total. The number of nitrogens with one attached hydrogen (secondary N) is 1. The summed E-state index contributed by atoms with van der Waals surface area (Å²) >= 11 is 0. The molecule has 77 heavy (non-hydrogen) atoms. The second-order valence-corrected chi connectivity index (χ2v) is 23.2. The van der Waals surface area contributed by atoms with Crippen LogP contribution in [0, 0.1) is 0 Å². The maximum atomic E-state index is 13.2. The van der Waals surface area contributed by atoms with Gasteiger partial charge < -0.3 is 50.5 Å². The van der Waals surface area contributed by atoms with Gasteiger partial charge in [-0.05, 0) is 77.0 Å². The molecule has 1 heterocycles. The van der Waals surface area contributed by atoms with Crippen LogP contribution in [0.1, 0.15) is 309 Å². The molecular formula is C66H125NO10. The molecule has 0 spiro atoms. The van der Waals surface area contributed by atoms with E-state index in [-0.39, 0.29) is 12.8 Å². The zero-order valence-corrected chi connectivity index (χ0v) is 50.0. The Hall–Kier alpha value is -1.67. The van der Waals surface area contributed by atoms with Crippen molar-refractivity contribution in [1.29, 1.82) is 0 Å². The van der Waals surface area contributed by atoms with Gasteiger partial charge in [0, 0.05) is 0 Å². The minimum Gasteiger partial charge on any atom is -0.394 e. The van der Waals surface area contributed by atoms with Crippen molar-refractivity contribution in [2.45, 2.75) is 364 Å². The summed E-state index contributed by atoms with van der Waals surface area (Å²) < 4.78 is 11.2. The van der Waals surface area contributed by atoms with Gasteiger partial charge in [0.1, 0.15) is 36.6 Å². The average molecular weight is 1090 g/mol. The summed E-state index contributed by atoms with van der Waals surface area (Å²) in [6.45, 7) is 3.48. The maximum Gasteiger partial charge on any atom is 0.249 e. The number of carbonyl (C=O) groups is 1. The Morgan fingerprint density at radius 3 is 1.16 bits per heavy atom. The second-order valence-electron chi connectivity index (χ2n) is 23.2. The molecule has 0 radical (unpaired) electrons. The molecule has 9 atom stereocenters. The van der Waals surface area contributed by atoms with Gasteiger partial charge in [-0.15, -0.1) is 0 Å². The van der Waals surface area contributed by atoms with E-state index in [1.807, 2.05) is 0 Å². The van der Waals surface area contributed by atoms with Crippen LogP contribution in [0.3, 0.4) is 0 Å². The predicted molar refractivity (Wildman–Crippen MR) is 321 cm³/mol. The largest absolute Gasteiger partial charge is 0.394 e. The maximum absolute atomic E-state index is 13.2. The number of hydrogen-bond donors (Lipinski definition) is 8. The van der Waals surface area contributed by atoms with E-state index >= 15 is 0 Å². The predicted octanol–water partition coefficient (Wildman–Crippen LogP) is 15.0. The molecule has 1 fully saturated rings. The lowest BCUT2D eigenvalue weighted by molar-refractivity contribution is -0.303. The standard InChI is InChI=1S/C66H125NO10/c1-3-5-7-9-11-13-15-17-19-21-23-25-27-29-30-32-34-36-38-40-42-44-46-48-50-52-54-59(70)65(75)67-57(56-76-66-64(74)63(73)62(72)60(55-68)77-66)61(71)58(69)53-51-49-47-45-43-41-39-37-35-33-31-28-26-24-22-20-18-16-14-12-10-8-6-4-2/h29-30,37,39,45,47,57-64,66,68-74H,3-28,31-36,38,40-44,46,48-56H2,1-2H3,(H,67,75)/b30-29-,39-37+,47-45+. The third kappa shape index (κ3) is 42.8. The van der Waals surface area contributed by atoms with Crippen LogP contribution < -0.4 is 5.32 Å². The topological polar surface area (TPSA) is 189 Å². The number of carbonyl (C=O) groups excluding carboxylic acids is 1. The number of allylic oxidation sites excluding steroid dienone is 6. The van der Waals surface area contributed by atoms with Crippen molar-refractivity contribution in [2.24, 2.45) is 0 Å². The van der Waals surface area contributed by atoms with Crippen LogP contribution in [0.2, 0.25) is 0 Å². The molecule has 1 rings (SSSR count). The van der Waals surface area contributed by atoms with E-state index in [0.717, 1.165) is 38.5 Å². The van der Waals surface area contributed by atoms with Crippen LogP contribution >= 0.6 is 0 Å². The van der Waals surface area contributed by atoms with E-state index in [2.05, 4.69) is 55.6 Å². The van der Waals surface area contributed by atoms with E-state index in [4.69, 9.17) is 9.47 Å². The molecule has 11 heteroatoms. The van der Waals surface area contributed by atoms with Gasteiger partial charge in [0.2, 0.25) is 5.91 Å². The summed E-state index contributed by atoms with van der Waals surface area (Å²) in [6.07, 6.45) is 57.9. The first kappa shape index (κ1) is 73.3. The second kappa shape index (κ2) is 54.9. The highest BCUT2D eigenvalue weighted by Crippen LogP contribution is 2.24. The van der Waals surface area contributed by atoms with Crippen LogP contribution in [0.25, 0.3) is 0 Å². The highest BCUT2D eigenvalue weighted by Gasteiger charge is 2.44. The molecule has 0 aliphatic carbocycles. The Morgan fingerprint density at radius 2 is 0.779 bits per heavy atom. The number of ether oxygens (including phenoxy) is 2. The van der Waals surface area contributed by atoms with Gasteiger partial charge in [0.05, 0.1) is 25.4 Å². The van der Waals surface area contributed by atoms with Crippen LogP contribution in [0.4, 0.5) is 0 Å². The smallest absolute Gasteiger partial charge is 0.249 e. The highest BCUT2D eigenvalue weighted by molar-refractivity contribution is 5.80. The molecule has 1 amide bonds. The SMILES string of the molecule is CCCCCCCCCCCCCC/C=C\CCCCCCCCCCCCC(O)C(=O)NC(COC1OC(CO)C(O)C(O)C1O)C(O)C(O)CCC/C=C/CC/C=C/CCCCCCCCCCCCCCCCC. The molecule has 0 saturated carbocycles. The fourth-order valence-corrected chi connectivity index (χ4v) is 10.6. The molecule has 0 aromatic heterocycles. The third-order valence-corrected chi connectivity index (χ3v) is 15.9. The molecule has 1 aliphatic rings. The monoisotopic (exact) mass is 1090 g/mol. The first-order valence-electron chi connectivity index (χ1n) is 32.9. The summed E-state index contributed by atoms with van der Waals surface area (Å²) in [5.41, 5.74) is 0. The molecule has 1 aliphatic heterocycles. The number of amides is 1. The number of hydrogen-bond acceptors (Lipinski definition) is 10. The molecule has 0 aromatic carbocycles. The quantitative estimate of drug-likeness (QED) is 0.0215. The molecule has 0 bridgehead atoms. The summed E-state index contributed by atoms with van der Waals surface area (Å²) in [6, 6.07) is -1.19. The Balaban J connectivity index is 2.27. The van der Waals surface area contributed by atoms with Crippen molar-refractivity contribution in [3.8, 4) is 0 Å². The van der Waals surface area contributed by atoms with Crippen LogP contribution in [-0.4, -0.2) is 110 Å². The Morgan fingerprint density at radius 1 is 0.442 bits per heavy atom. The Bertz CT molecular complexity index is 1350. The molecule has 0 aromatic rings. The molecule has 9 unspecified atom stereocenters. The lowest BCUT2D eigenvalue weighted by Gasteiger charge is -2.40. The Kier molecular flexibility index (Phi) is 52.3. The van der Waals surface area contributed by atoms with E-state index in [1.165, 1.54) is 225 Å². The number of aliphatic hydroxyl groups is 7. The summed E-state index contributed by atoms with van der Waals surface area (Å²) in [7, 11) is 0. The van der Waals surface area contributed by atoms with Crippen LogP contribution in [-0.2, 0) is 14.3 Å². The fourth-order valence-electron chi connectivity index (χ4n) is 10.6. The van der Waals surface area contributed by atoms with Crippen molar-refractivity contribution in [1.82, 2.24) is 5.32 Å². The molecule has 8 N–H and O–H groups in total. The minimum absolute atomic E-state index is 0.247. The van der Waals surface area contributed by atoms with Gasteiger partial charge in [0.25, 0.3) is 0 Å². The van der Waals surface area contributed by atoms with Crippen molar-refractivity contribution in [2.75, 3.05) is 13.2 Å². The molecular weight excluding hydrogens is 967 g/mol. The third-order valence-electron chi connectivity index (χ3n) is 15.9. The van der Waals surface area contributed by atoms with Crippen LogP contribution in [0.5, 0.6) is 0 Å². The van der Waals surface area contributed by atoms with E-state index < -0.39 is 74.2 Å². The van der Waals surface area contributed by atoms with Crippen molar-refractivity contribution < 1.29 is 50.0 Å². The van der Waals surface area contributed by atoms with E-state index in [1.54, 1.807) is 0 Å². The highest BCUT2D eigenvalue weighted by atomic mass is 16.7. The van der Waals surface area contributed by atoms with Gasteiger partial charge in [0.15, 0.2) is 6.29 Å². The van der Waals surface area contributed by atoms with Crippen molar-refractivity contribution >= 4 is 5.91 Å². The lowest BCUT2D eigenvalue weighted by atomic mass is 9.98. The van der Waals surface area contributed by atoms with Gasteiger partial charge in [-0.2, -0.15) is 0 Å². The zero-order chi connectivity index (χ0) is 56.1. The zero-order valence-electron chi connectivity index (χ0n) is 50.0. The van der Waals surface area contributed by atoms with Crippen LogP contribution in [0.15, 0.2) is 36.5 Å². The Labute approximate surface area is 473 Å². The van der Waals surface area contributed by atoms with E-state index in [0.29, 0.717) is 19.3 Å². The number of unbranched alkanes of at least 4 members (excludes halogenated alkanes) is 39. The summed E-state index contributed by atoms with van der Waals surface area (Å²) in [5, 5.41) is 76.3. The van der Waals surface area contributed by atoms with E-state index in [9.17, 15) is 40.5 Å². The minimum atomic E-state index is -1.67. The number of rotatable bonds is 57. The normalized spacial score (nSPS) is 19.7. The summed E-state index contributed by atoms with van der Waals surface area (Å²) in [5.74, 6) is -0.708. The first-order chi connectivity index (χ1) is 37.7. The van der Waals surface area contributed by atoms with Gasteiger partial charge in [-0.25, -0.2) is 0 Å². The van der Waals surface area contributed by atoms with Gasteiger partial charge in [-0.3, -0.25) is 4.79 Å². The summed E-state index contributed by atoms with van der Waals surface area (Å²) in [4.78, 5) is 13.2. The van der Waals surface area contributed by atoms with Gasteiger partial charge >= 0.3 is 0 Å². The lowest BCUT2D eigenvalue weighted by Crippen LogP contribution is -2.60. The molecule has 454 valence electrons. The van der Waals surface area contributed by atoms with Crippen molar-refractivity contribution in [3.05, 3.63) is 36.5 Å². The van der Waals surface area contributed by atoms with Gasteiger partial charge in [-0.1, -0.05) is 269 Å².